The van der Waals surface area contributed by atoms with Crippen molar-refractivity contribution in [3.8, 4) is 11.3 Å². The van der Waals surface area contributed by atoms with Crippen LogP contribution in [0.1, 0.15) is 123 Å². The first-order valence-electron chi connectivity index (χ1n) is 18.2. The number of aromatic nitrogens is 2. The van der Waals surface area contributed by atoms with Crippen LogP contribution in [0.15, 0.2) is 48.2 Å². The zero-order chi connectivity index (χ0) is 36.0. The summed E-state index contributed by atoms with van der Waals surface area (Å²) in [4.78, 5) is 22.0. The van der Waals surface area contributed by atoms with Crippen molar-refractivity contribution in [1.29, 1.82) is 0 Å². The van der Waals surface area contributed by atoms with Crippen LogP contribution < -0.4 is 0 Å². The molecule has 0 spiro atoms. The Morgan fingerprint density at radius 2 is 1.43 bits per heavy atom. The summed E-state index contributed by atoms with van der Waals surface area (Å²) in [5, 5.41) is 13.8. The van der Waals surface area contributed by atoms with Crippen LogP contribution in [0.25, 0.3) is 32.9 Å². The number of aliphatic hydroxyl groups excluding tert-OH is 1. The summed E-state index contributed by atoms with van der Waals surface area (Å²) in [6.45, 7) is 27.5. The Kier molecular flexibility index (Phi) is 15.4. The van der Waals surface area contributed by atoms with Crippen molar-refractivity contribution in [2.24, 2.45) is 22.7 Å². The summed E-state index contributed by atoms with van der Waals surface area (Å²) in [5.74, 6) is 2.32. The number of benzene rings is 3. The van der Waals surface area contributed by atoms with Crippen LogP contribution in [0.5, 0.6) is 0 Å². The molecule has 4 rings (SSSR count). The number of rotatable bonds is 12. The first kappa shape index (κ1) is 42.3. The van der Waals surface area contributed by atoms with E-state index in [4.69, 9.17) is 9.97 Å². The third-order valence-electron chi connectivity index (χ3n) is 10.3. The Hall–Kier alpha value is -2.88. The molecule has 0 unspecified atom stereocenters. The number of hydrogen-bond acceptors (Lipinski definition) is 4. The van der Waals surface area contributed by atoms with Crippen LogP contribution in [-0.2, 0) is 37.7 Å². The van der Waals surface area contributed by atoms with Crippen LogP contribution in [0.2, 0.25) is 0 Å². The molecule has 0 bridgehead atoms. The summed E-state index contributed by atoms with van der Waals surface area (Å²) in [6, 6.07) is 17.1. The zero-order valence-corrected chi connectivity index (χ0v) is 34.9. The number of hydrogen-bond donors (Lipinski definition) is 1. The molecule has 0 atom stereocenters. The summed E-state index contributed by atoms with van der Waals surface area (Å²) in [7, 11) is 0. The Morgan fingerprint density at radius 1 is 0.837 bits per heavy atom. The van der Waals surface area contributed by atoms with E-state index in [-0.39, 0.29) is 42.5 Å². The quantitative estimate of drug-likeness (QED) is 0.0668. The van der Waals surface area contributed by atoms with Gasteiger partial charge >= 0.3 is 0 Å². The minimum absolute atomic E-state index is 0. The third-order valence-corrected chi connectivity index (χ3v) is 10.3. The molecule has 49 heavy (non-hydrogen) atoms. The van der Waals surface area contributed by atoms with E-state index < -0.39 is 0 Å². The number of fused-ring (bicyclic) bond motifs is 3. The van der Waals surface area contributed by atoms with Crippen LogP contribution in [0.3, 0.4) is 0 Å². The van der Waals surface area contributed by atoms with E-state index in [0.29, 0.717) is 11.8 Å². The van der Waals surface area contributed by atoms with Crippen molar-refractivity contribution in [2.75, 3.05) is 0 Å². The first-order chi connectivity index (χ1) is 22.5. The molecule has 0 saturated carbocycles. The predicted octanol–water partition coefficient (Wildman–Crippen LogP) is 12.2. The van der Waals surface area contributed by atoms with Gasteiger partial charge in [0, 0.05) is 42.4 Å². The minimum atomic E-state index is -0.337. The van der Waals surface area contributed by atoms with E-state index in [1.807, 2.05) is 48.5 Å². The van der Waals surface area contributed by atoms with Gasteiger partial charge in [0.1, 0.15) is 11.6 Å². The number of carbonyl (C=O) groups is 1. The molecule has 0 saturated heterocycles. The number of ketones is 1. The normalized spacial score (nSPS) is 12.3. The summed E-state index contributed by atoms with van der Waals surface area (Å²) < 4.78 is 0. The first-order valence-corrected chi connectivity index (χ1v) is 18.2. The molecule has 1 N–H and O–H groups in total. The van der Waals surface area contributed by atoms with E-state index in [9.17, 15) is 9.90 Å². The molecule has 3 aromatic carbocycles. The molecule has 4 aromatic rings. The fourth-order valence-corrected chi connectivity index (χ4v) is 6.42. The van der Waals surface area contributed by atoms with Gasteiger partial charge in [0.2, 0.25) is 0 Å². The molecule has 1 radical (unpaired) electrons. The molecule has 269 valence electrons. The Balaban J connectivity index is 0.000000398. The summed E-state index contributed by atoms with van der Waals surface area (Å²) >= 11 is 0. The Bertz CT molecular complexity index is 1740. The summed E-state index contributed by atoms with van der Waals surface area (Å²) in [5.41, 5.74) is 7.70. The van der Waals surface area contributed by atoms with Gasteiger partial charge in [0.25, 0.3) is 0 Å². The number of carbonyl (C=O) groups excluding carboxylic acids is 1. The monoisotopic (exact) mass is 842 g/mol. The molecular formula is C44H61IrN2O2-. The van der Waals surface area contributed by atoms with Gasteiger partial charge in [-0.1, -0.05) is 107 Å². The molecule has 1 aromatic heterocycles. The molecular weight excluding hydrogens is 781 g/mol. The molecule has 0 fully saturated rings. The van der Waals surface area contributed by atoms with Crippen molar-refractivity contribution in [1.82, 2.24) is 9.97 Å². The van der Waals surface area contributed by atoms with E-state index in [0.717, 1.165) is 72.1 Å². The SMILES string of the molecule is CCC(C)(CC)C(=O)/C=C(\O)C(C)(CC)CC.Cc1[c-]c(-c2nc(C)nc3c2ccc2cc(CC(C)C)cc(CC(C)C)c23)cc(C)c1.[Ir]. The van der Waals surface area contributed by atoms with Crippen molar-refractivity contribution in [3.63, 3.8) is 0 Å². The van der Waals surface area contributed by atoms with Crippen molar-refractivity contribution >= 4 is 27.5 Å². The second kappa shape index (κ2) is 17.9. The maximum atomic E-state index is 12.2. The zero-order valence-electron chi connectivity index (χ0n) is 32.5. The largest absolute Gasteiger partial charge is 0.512 e. The molecule has 0 aliphatic rings. The fourth-order valence-electron chi connectivity index (χ4n) is 6.42. The average Bonchev–Trinajstić information content (AvgIpc) is 3.02. The average molecular weight is 842 g/mol. The van der Waals surface area contributed by atoms with Gasteiger partial charge in [-0.3, -0.25) is 9.78 Å². The maximum Gasteiger partial charge on any atom is 0.164 e. The third kappa shape index (κ3) is 10.3. The minimum Gasteiger partial charge on any atom is -0.512 e. The second-order valence-electron chi connectivity index (χ2n) is 15.3. The van der Waals surface area contributed by atoms with Gasteiger partial charge in [-0.05, 0) is 84.9 Å². The van der Waals surface area contributed by atoms with Gasteiger partial charge < -0.3 is 5.11 Å². The van der Waals surface area contributed by atoms with Crippen LogP contribution in [-0.4, -0.2) is 20.9 Å². The van der Waals surface area contributed by atoms with Gasteiger partial charge in [0.05, 0.1) is 5.52 Å². The molecule has 0 amide bonds. The fraction of sp³-hybridized carbons (Fsp3) is 0.523. The van der Waals surface area contributed by atoms with Crippen molar-refractivity contribution < 1.29 is 30.0 Å². The van der Waals surface area contributed by atoms with Gasteiger partial charge in [-0.15, -0.1) is 34.9 Å². The standard InChI is InChI=1S/C29H33N2.C15H28O2.Ir/c1-17(2)10-22-15-23-8-9-26-28(25-13-19(5)12-20(6)14-25)30-21(7)31-29(26)27(23)24(16-22)11-18(3)4;1-7-14(5,8-2)12(16)11-13(17)15(6,9-3)10-4;/h8-9,12-13,15-18H,10-11H2,1-7H3;11,16H,7-10H2,1-6H3;/q-1;;/b;12-11-;. The smallest absolute Gasteiger partial charge is 0.164 e. The predicted molar refractivity (Wildman–Crippen MR) is 206 cm³/mol. The van der Waals surface area contributed by atoms with E-state index in [2.05, 4.69) is 84.0 Å². The molecule has 1 heterocycles. The van der Waals surface area contributed by atoms with Crippen molar-refractivity contribution in [2.45, 2.75) is 129 Å². The van der Waals surface area contributed by atoms with E-state index in [1.54, 1.807) is 0 Å². The van der Waals surface area contributed by atoms with Gasteiger partial charge in [-0.25, -0.2) is 4.98 Å². The van der Waals surface area contributed by atoms with Crippen LogP contribution in [0, 0.1) is 49.5 Å². The van der Waals surface area contributed by atoms with Crippen molar-refractivity contribution in [3.05, 3.63) is 82.4 Å². The Labute approximate surface area is 311 Å². The number of allylic oxidation sites excluding steroid dienone is 2. The van der Waals surface area contributed by atoms with E-state index >= 15 is 0 Å². The van der Waals surface area contributed by atoms with Crippen LogP contribution >= 0.6 is 0 Å². The topological polar surface area (TPSA) is 63.1 Å². The Morgan fingerprint density at radius 3 is 1.96 bits per heavy atom. The van der Waals surface area contributed by atoms with Gasteiger partial charge in [0.15, 0.2) is 5.78 Å². The number of nitrogens with zero attached hydrogens (tertiary/aromatic N) is 2. The van der Waals surface area contributed by atoms with Crippen LogP contribution in [0.4, 0.5) is 0 Å². The van der Waals surface area contributed by atoms with E-state index in [1.165, 1.54) is 33.5 Å². The number of aryl methyl sites for hydroxylation is 3. The van der Waals surface area contributed by atoms with Gasteiger partial charge in [-0.2, -0.15) is 0 Å². The molecule has 4 nitrogen and oxygen atoms in total. The summed E-state index contributed by atoms with van der Waals surface area (Å²) in [6.07, 6.45) is 6.91. The second-order valence-corrected chi connectivity index (χ2v) is 15.3. The maximum absolute atomic E-state index is 12.2. The number of aliphatic hydroxyl groups is 1. The molecule has 0 aliphatic carbocycles. The molecule has 0 aliphatic heterocycles. The molecule has 5 heteroatoms.